The van der Waals surface area contributed by atoms with Crippen LogP contribution in [0.3, 0.4) is 0 Å². The summed E-state index contributed by atoms with van der Waals surface area (Å²) in [6, 6.07) is 7.05. The Morgan fingerprint density at radius 2 is 1.95 bits per heavy atom. The summed E-state index contributed by atoms with van der Waals surface area (Å²) in [5.74, 6) is 0.947. The topological polar surface area (TPSA) is 29.3 Å². The van der Waals surface area contributed by atoms with Crippen molar-refractivity contribution < 1.29 is 0 Å². The van der Waals surface area contributed by atoms with Crippen molar-refractivity contribution in [3.05, 3.63) is 28.2 Å². The number of hydrogen-bond acceptors (Lipinski definition) is 2. The zero-order valence-corrected chi connectivity index (χ0v) is 13.0. The van der Waals surface area contributed by atoms with Gasteiger partial charge in [-0.25, -0.2) is 0 Å². The molecule has 1 aliphatic heterocycles. The fourth-order valence-corrected chi connectivity index (χ4v) is 4.25. The van der Waals surface area contributed by atoms with Gasteiger partial charge in [0.15, 0.2) is 0 Å². The van der Waals surface area contributed by atoms with Gasteiger partial charge in [0.25, 0.3) is 0 Å². The zero-order chi connectivity index (χ0) is 13.2. The summed E-state index contributed by atoms with van der Waals surface area (Å²) in [6.45, 7) is 2.30. The first-order valence-electron chi connectivity index (χ1n) is 7.52. The Labute approximate surface area is 124 Å². The predicted molar refractivity (Wildman–Crippen MR) is 83.9 cm³/mol. The van der Waals surface area contributed by atoms with Crippen molar-refractivity contribution >= 4 is 21.6 Å². The number of anilines is 1. The van der Waals surface area contributed by atoms with Gasteiger partial charge in [0.05, 0.1) is 0 Å². The summed E-state index contributed by atoms with van der Waals surface area (Å²) in [6.07, 6.45) is 8.50. The lowest BCUT2D eigenvalue weighted by atomic mass is 9.78. The Kier molecular flexibility index (Phi) is 4.13. The first-order chi connectivity index (χ1) is 9.25. The highest BCUT2D eigenvalue weighted by Crippen LogP contribution is 2.36. The molecular formula is C16H23BrN2. The Bertz CT molecular complexity index is 444. The first kappa shape index (κ1) is 13.4. The maximum Gasteiger partial charge on any atom is 0.0461 e. The van der Waals surface area contributed by atoms with Crippen LogP contribution in [-0.4, -0.2) is 17.5 Å². The highest BCUT2D eigenvalue weighted by Gasteiger charge is 2.33. The molecule has 0 spiro atoms. The molecule has 1 aromatic rings. The number of benzene rings is 1. The summed E-state index contributed by atoms with van der Waals surface area (Å²) in [7, 11) is 0. The summed E-state index contributed by atoms with van der Waals surface area (Å²) in [4.78, 5) is 2.70. The van der Waals surface area contributed by atoms with E-state index in [9.17, 15) is 0 Å². The van der Waals surface area contributed by atoms with Gasteiger partial charge < -0.3 is 5.73 Å². The monoisotopic (exact) mass is 322 g/mol. The van der Waals surface area contributed by atoms with E-state index in [2.05, 4.69) is 33.0 Å². The molecule has 2 aliphatic rings. The molecule has 2 atom stereocenters. The summed E-state index contributed by atoms with van der Waals surface area (Å²) in [5.41, 5.74) is 8.19. The Morgan fingerprint density at radius 3 is 2.84 bits per heavy atom. The minimum Gasteiger partial charge on any atom is -0.398 e. The lowest BCUT2D eigenvalue weighted by Gasteiger charge is -2.44. The normalized spacial score (nSPS) is 28.1. The van der Waals surface area contributed by atoms with E-state index >= 15 is 0 Å². The zero-order valence-electron chi connectivity index (χ0n) is 11.4. The fourth-order valence-electron chi connectivity index (χ4n) is 3.86. The lowest BCUT2D eigenvalue weighted by Crippen LogP contribution is -2.46. The smallest absolute Gasteiger partial charge is 0.0461 e. The minimum atomic E-state index is 0.816. The quantitative estimate of drug-likeness (QED) is 0.827. The van der Waals surface area contributed by atoms with Crippen LogP contribution in [0.5, 0.6) is 0 Å². The number of fused-ring (bicyclic) bond motifs is 1. The van der Waals surface area contributed by atoms with E-state index in [4.69, 9.17) is 5.73 Å². The van der Waals surface area contributed by atoms with Gasteiger partial charge in [-0.3, -0.25) is 4.90 Å². The van der Waals surface area contributed by atoms with Gasteiger partial charge in [-0.1, -0.05) is 25.0 Å². The van der Waals surface area contributed by atoms with Crippen molar-refractivity contribution in [1.29, 1.82) is 0 Å². The number of nitrogens with two attached hydrogens (primary N) is 1. The Morgan fingerprint density at radius 1 is 1.16 bits per heavy atom. The SMILES string of the molecule is Nc1cccc(CN2CCCC3CCCCC32)c1Br. The van der Waals surface area contributed by atoms with Crippen LogP contribution in [0, 0.1) is 5.92 Å². The molecule has 0 amide bonds. The molecule has 1 aromatic carbocycles. The molecule has 3 heteroatoms. The van der Waals surface area contributed by atoms with E-state index in [1.54, 1.807) is 0 Å². The number of halogens is 1. The number of nitrogen functional groups attached to an aromatic ring is 1. The third-order valence-corrected chi connectivity index (χ3v) is 5.81. The number of piperidine rings is 1. The molecule has 1 aliphatic carbocycles. The molecule has 19 heavy (non-hydrogen) atoms. The molecule has 2 nitrogen and oxygen atoms in total. The van der Waals surface area contributed by atoms with Crippen LogP contribution in [0.15, 0.2) is 22.7 Å². The Balaban J connectivity index is 1.76. The molecule has 1 saturated heterocycles. The highest BCUT2D eigenvalue weighted by molar-refractivity contribution is 9.10. The molecule has 2 N–H and O–H groups in total. The average molecular weight is 323 g/mol. The van der Waals surface area contributed by atoms with E-state index in [1.807, 2.05) is 6.07 Å². The van der Waals surface area contributed by atoms with Crippen LogP contribution < -0.4 is 5.73 Å². The average Bonchev–Trinajstić information content (AvgIpc) is 2.44. The molecule has 2 fully saturated rings. The third kappa shape index (κ3) is 2.82. The largest absolute Gasteiger partial charge is 0.398 e. The minimum absolute atomic E-state index is 0.816. The predicted octanol–water partition coefficient (Wildman–Crippen LogP) is 4.19. The van der Waals surface area contributed by atoms with Crippen molar-refractivity contribution in [2.24, 2.45) is 5.92 Å². The van der Waals surface area contributed by atoms with Crippen molar-refractivity contribution in [3.63, 3.8) is 0 Å². The Hall–Kier alpha value is -0.540. The first-order valence-corrected chi connectivity index (χ1v) is 8.32. The van der Waals surface area contributed by atoms with Crippen molar-refractivity contribution in [2.45, 2.75) is 51.1 Å². The molecule has 0 radical (unpaired) electrons. The standard InChI is InChI=1S/C16H23BrN2/c17-16-13(6-3-8-14(16)18)11-19-10-4-7-12-5-1-2-9-15(12)19/h3,6,8,12,15H,1-2,4-5,7,9-11,18H2. The molecule has 1 heterocycles. The van der Waals surface area contributed by atoms with E-state index in [0.29, 0.717) is 0 Å². The van der Waals surface area contributed by atoms with E-state index in [0.717, 1.165) is 28.7 Å². The van der Waals surface area contributed by atoms with Gasteiger partial charge in [0.2, 0.25) is 0 Å². The maximum absolute atomic E-state index is 5.99. The van der Waals surface area contributed by atoms with Gasteiger partial charge in [-0.05, 0) is 65.7 Å². The van der Waals surface area contributed by atoms with Crippen LogP contribution >= 0.6 is 15.9 Å². The third-order valence-electron chi connectivity index (χ3n) is 4.84. The van der Waals surface area contributed by atoms with Crippen LogP contribution in [0.25, 0.3) is 0 Å². The van der Waals surface area contributed by atoms with Crippen LogP contribution in [0.4, 0.5) is 5.69 Å². The maximum atomic E-state index is 5.99. The summed E-state index contributed by atoms with van der Waals surface area (Å²) >= 11 is 3.64. The number of hydrogen-bond donors (Lipinski definition) is 1. The molecule has 2 unspecified atom stereocenters. The molecule has 1 saturated carbocycles. The van der Waals surface area contributed by atoms with Gasteiger partial charge in [0.1, 0.15) is 0 Å². The second-order valence-corrected chi connectivity index (χ2v) is 6.84. The summed E-state index contributed by atoms with van der Waals surface area (Å²) in [5, 5.41) is 0. The molecule has 3 rings (SSSR count). The van der Waals surface area contributed by atoms with Crippen molar-refractivity contribution in [2.75, 3.05) is 12.3 Å². The van der Waals surface area contributed by atoms with Crippen LogP contribution in [0.1, 0.15) is 44.1 Å². The number of likely N-dealkylation sites (tertiary alicyclic amines) is 1. The lowest BCUT2D eigenvalue weighted by molar-refractivity contribution is 0.0545. The second-order valence-electron chi connectivity index (χ2n) is 6.04. The molecule has 104 valence electrons. The number of rotatable bonds is 2. The van der Waals surface area contributed by atoms with Crippen molar-refractivity contribution in [3.8, 4) is 0 Å². The summed E-state index contributed by atoms with van der Waals surface area (Å²) < 4.78 is 1.09. The van der Waals surface area contributed by atoms with E-state index in [1.165, 1.54) is 50.6 Å². The molecule has 0 aromatic heterocycles. The van der Waals surface area contributed by atoms with Gasteiger partial charge in [-0.2, -0.15) is 0 Å². The second kappa shape index (κ2) is 5.84. The molecular weight excluding hydrogens is 300 g/mol. The fraction of sp³-hybridized carbons (Fsp3) is 0.625. The van der Waals surface area contributed by atoms with Crippen molar-refractivity contribution in [1.82, 2.24) is 4.90 Å². The van der Waals surface area contributed by atoms with Gasteiger partial charge in [-0.15, -0.1) is 0 Å². The number of nitrogens with zero attached hydrogens (tertiary/aromatic N) is 1. The highest BCUT2D eigenvalue weighted by atomic mass is 79.9. The van der Waals surface area contributed by atoms with Crippen LogP contribution in [0.2, 0.25) is 0 Å². The van der Waals surface area contributed by atoms with Gasteiger partial charge in [0, 0.05) is 22.7 Å². The van der Waals surface area contributed by atoms with E-state index in [-0.39, 0.29) is 0 Å². The van der Waals surface area contributed by atoms with Crippen LogP contribution in [-0.2, 0) is 6.54 Å². The van der Waals surface area contributed by atoms with Gasteiger partial charge >= 0.3 is 0 Å². The van der Waals surface area contributed by atoms with E-state index < -0.39 is 0 Å². The molecule has 0 bridgehead atoms.